The Morgan fingerprint density at radius 1 is 1.38 bits per heavy atom. The van der Waals surface area contributed by atoms with E-state index >= 15 is 0 Å². The largest absolute Gasteiger partial charge is 0.326 e. The maximum Gasteiger partial charge on any atom is 0.232 e. The molecule has 0 unspecified atom stereocenters. The van der Waals surface area contributed by atoms with Gasteiger partial charge in [0.25, 0.3) is 0 Å². The Kier molecular flexibility index (Phi) is 2.90. The lowest BCUT2D eigenvalue weighted by atomic mass is 10.3. The van der Waals surface area contributed by atoms with Gasteiger partial charge in [-0.05, 0) is 22.6 Å². The zero-order chi connectivity index (χ0) is 11.4. The number of anilines is 1. The molecule has 6 nitrogen and oxygen atoms in total. The number of tetrazole rings is 1. The minimum absolute atomic E-state index is 0.135. The summed E-state index contributed by atoms with van der Waals surface area (Å²) < 4.78 is 1.48. The number of hydrogen-bond acceptors (Lipinski definition) is 4. The Hall–Kier alpha value is -2.24. The monoisotopic (exact) mass is 217 g/mol. The number of benzene rings is 1. The van der Waals surface area contributed by atoms with Crippen molar-refractivity contribution in [1.29, 1.82) is 0 Å². The number of carbonyl (C=O) groups excluding carboxylic acids is 1. The van der Waals surface area contributed by atoms with E-state index in [2.05, 4.69) is 20.8 Å². The van der Waals surface area contributed by atoms with Crippen molar-refractivity contribution in [2.45, 2.75) is 6.42 Å². The number of nitrogens with one attached hydrogen (secondary N) is 1. The quantitative estimate of drug-likeness (QED) is 0.807. The Labute approximate surface area is 92.3 Å². The molecular formula is C10H11N5O. The highest BCUT2D eigenvalue weighted by atomic mass is 16.1. The van der Waals surface area contributed by atoms with Crippen LogP contribution in [0.15, 0.2) is 30.3 Å². The zero-order valence-corrected chi connectivity index (χ0v) is 8.79. The molecule has 1 amide bonds. The fourth-order valence-corrected chi connectivity index (χ4v) is 1.27. The molecule has 2 rings (SSSR count). The normalized spacial score (nSPS) is 10.1. The lowest BCUT2D eigenvalue weighted by Gasteiger charge is -2.03. The first-order valence-electron chi connectivity index (χ1n) is 4.82. The van der Waals surface area contributed by atoms with Crippen LogP contribution in [0.25, 0.3) is 0 Å². The van der Waals surface area contributed by atoms with Crippen LogP contribution in [-0.4, -0.2) is 26.1 Å². The van der Waals surface area contributed by atoms with Crippen molar-refractivity contribution in [2.75, 3.05) is 5.32 Å². The average Bonchev–Trinajstić information content (AvgIpc) is 2.66. The Balaban J connectivity index is 1.98. The van der Waals surface area contributed by atoms with Gasteiger partial charge in [-0.15, -0.1) is 5.10 Å². The molecule has 2 aromatic rings. The van der Waals surface area contributed by atoms with E-state index in [1.165, 1.54) is 4.68 Å². The number of para-hydroxylation sites is 1. The topological polar surface area (TPSA) is 72.7 Å². The van der Waals surface area contributed by atoms with Crippen LogP contribution in [-0.2, 0) is 18.3 Å². The smallest absolute Gasteiger partial charge is 0.232 e. The Morgan fingerprint density at radius 3 is 2.75 bits per heavy atom. The first kappa shape index (κ1) is 10.3. The second-order valence-electron chi connectivity index (χ2n) is 3.31. The van der Waals surface area contributed by atoms with Gasteiger partial charge in [-0.3, -0.25) is 4.79 Å². The van der Waals surface area contributed by atoms with Gasteiger partial charge in [0.05, 0.1) is 6.42 Å². The van der Waals surface area contributed by atoms with Crippen LogP contribution in [0.2, 0.25) is 0 Å². The molecule has 1 heterocycles. The predicted molar refractivity (Wildman–Crippen MR) is 57.6 cm³/mol. The summed E-state index contributed by atoms with van der Waals surface area (Å²) in [6, 6.07) is 9.26. The van der Waals surface area contributed by atoms with Crippen molar-refractivity contribution in [3.05, 3.63) is 36.2 Å². The molecule has 0 spiro atoms. The molecule has 82 valence electrons. The number of nitrogens with zero attached hydrogens (tertiary/aromatic N) is 4. The lowest BCUT2D eigenvalue weighted by Crippen LogP contribution is -2.17. The molecule has 1 aromatic heterocycles. The highest BCUT2D eigenvalue weighted by molar-refractivity contribution is 5.91. The van der Waals surface area contributed by atoms with Crippen molar-refractivity contribution >= 4 is 11.6 Å². The van der Waals surface area contributed by atoms with Gasteiger partial charge in [0.15, 0.2) is 5.82 Å². The highest BCUT2D eigenvalue weighted by Gasteiger charge is 2.08. The molecule has 0 bridgehead atoms. The summed E-state index contributed by atoms with van der Waals surface area (Å²) in [7, 11) is 1.70. The summed E-state index contributed by atoms with van der Waals surface area (Å²) in [5, 5.41) is 13.6. The zero-order valence-electron chi connectivity index (χ0n) is 8.79. The number of carbonyl (C=O) groups is 1. The van der Waals surface area contributed by atoms with E-state index < -0.39 is 0 Å². The van der Waals surface area contributed by atoms with Gasteiger partial charge >= 0.3 is 0 Å². The number of aromatic nitrogens is 4. The van der Waals surface area contributed by atoms with Crippen molar-refractivity contribution in [1.82, 2.24) is 20.2 Å². The van der Waals surface area contributed by atoms with E-state index in [4.69, 9.17) is 0 Å². The second kappa shape index (κ2) is 4.52. The number of hydrogen-bond donors (Lipinski definition) is 1. The third kappa shape index (κ3) is 2.41. The summed E-state index contributed by atoms with van der Waals surface area (Å²) in [5.41, 5.74) is 0.766. The predicted octanol–water partition coefficient (Wildman–Crippen LogP) is 0.391. The fourth-order valence-electron chi connectivity index (χ4n) is 1.27. The highest BCUT2D eigenvalue weighted by Crippen LogP contribution is 2.05. The Morgan fingerprint density at radius 2 is 2.12 bits per heavy atom. The van der Waals surface area contributed by atoms with Gasteiger partial charge < -0.3 is 5.32 Å². The van der Waals surface area contributed by atoms with Crippen LogP contribution in [0, 0.1) is 0 Å². The summed E-state index contributed by atoms with van der Waals surface area (Å²) >= 11 is 0. The summed E-state index contributed by atoms with van der Waals surface area (Å²) in [5.74, 6) is 0.400. The summed E-state index contributed by atoms with van der Waals surface area (Å²) in [6.45, 7) is 0. The van der Waals surface area contributed by atoms with Crippen LogP contribution < -0.4 is 5.32 Å². The van der Waals surface area contributed by atoms with Gasteiger partial charge in [-0.1, -0.05) is 18.2 Å². The molecular weight excluding hydrogens is 206 g/mol. The van der Waals surface area contributed by atoms with Crippen molar-refractivity contribution in [3.8, 4) is 0 Å². The van der Waals surface area contributed by atoms with E-state index in [0.717, 1.165) is 5.69 Å². The third-order valence-corrected chi connectivity index (χ3v) is 2.08. The van der Waals surface area contributed by atoms with E-state index in [0.29, 0.717) is 5.82 Å². The van der Waals surface area contributed by atoms with Crippen LogP contribution in [0.5, 0.6) is 0 Å². The van der Waals surface area contributed by atoms with Gasteiger partial charge in [0.2, 0.25) is 5.91 Å². The fraction of sp³-hybridized carbons (Fsp3) is 0.200. The molecule has 16 heavy (non-hydrogen) atoms. The lowest BCUT2D eigenvalue weighted by molar-refractivity contribution is -0.115. The molecule has 0 aliphatic heterocycles. The standard InChI is InChI=1S/C10H11N5O/c1-15-9(12-13-14-15)7-10(16)11-8-5-3-2-4-6-8/h2-6H,7H2,1H3,(H,11,16). The van der Waals surface area contributed by atoms with Crippen LogP contribution in [0.3, 0.4) is 0 Å². The average molecular weight is 217 g/mol. The van der Waals surface area contributed by atoms with Gasteiger partial charge in [0.1, 0.15) is 0 Å². The molecule has 0 radical (unpaired) electrons. The molecule has 1 aromatic carbocycles. The maximum absolute atomic E-state index is 11.6. The van der Waals surface area contributed by atoms with Crippen LogP contribution >= 0.6 is 0 Å². The first-order valence-corrected chi connectivity index (χ1v) is 4.82. The molecule has 0 fully saturated rings. The number of aryl methyl sites for hydroxylation is 1. The van der Waals surface area contributed by atoms with E-state index in [9.17, 15) is 4.79 Å². The van der Waals surface area contributed by atoms with Crippen LogP contribution in [0.1, 0.15) is 5.82 Å². The molecule has 6 heteroatoms. The Bertz CT molecular complexity index is 479. The van der Waals surface area contributed by atoms with Gasteiger partial charge in [-0.25, -0.2) is 4.68 Å². The van der Waals surface area contributed by atoms with Gasteiger partial charge in [-0.2, -0.15) is 0 Å². The molecule has 0 saturated heterocycles. The van der Waals surface area contributed by atoms with Crippen LogP contribution in [0.4, 0.5) is 5.69 Å². The molecule has 0 saturated carbocycles. The molecule has 1 N–H and O–H groups in total. The third-order valence-electron chi connectivity index (χ3n) is 2.08. The number of amides is 1. The molecule has 0 aliphatic rings. The molecule has 0 atom stereocenters. The minimum atomic E-state index is -0.135. The van der Waals surface area contributed by atoms with Crippen molar-refractivity contribution in [3.63, 3.8) is 0 Å². The maximum atomic E-state index is 11.6. The minimum Gasteiger partial charge on any atom is -0.326 e. The summed E-state index contributed by atoms with van der Waals surface area (Å²) in [4.78, 5) is 11.6. The van der Waals surface area contributed by atoms with Crippen molar-refractivity contribution in [2.24, 2.45) is 7.05 Å². The van der Waals surface area contributed by atoms with Gasteiger partial charge in [0, 0.05) is 12.7 Å². The molecule has 0 aliphatic carbocycles. The van der Waals surface area contributed by atoms with E-state index in [-0.39, 0.29) is 12.3 Å². The SMILES string of the molecule is Cn1nnnc1CC(=O)Nc1ccccc1. The number of rotatable bonds is 3. The van der Waals surface area contributed by atoms with Crippen molar-refractivity contribution < 1.29 is 4.79 Å². The second-order valence-corrected chi connectivity index (χ2v) is 3.31. The summed E-state index contributed by atoms with van der Waals surface area (Å²) in [6.07, 6.45) is 0.165. The van der Waals surface area contributed by atoms with E-state index in [1.807, 2.05) is 30.3 Å². The van der Waals surface area contributed by atoms with E-state index in [1.54, 1.807) is 7.05 Å². The first-order chi connectivity index (χ1) is 7.75.